The lowest BCUT2D eigenvalue weighted by Gasteiger charge is -2.03. The van der Waals surface area contributed by atoms with Crippen molar-refractivity contribution in [2.45, 2.75) is 6.92 Å². The van der Waals surface area contributed by atoms with Gasteiger partial charge in [0, 0.05) is 12.4 Å². The molecule has 4 aromatic rings. The molecule has 0 unspecified atom stereocenters. The highest BCUT2D eigenvalue weighted by atomic mass is 16.2. The van der Waals surface area contributed by atoms with Crippen LogP contribution in [-0.2, 0) is 0 Å². The van der Waals surface area contributed by atoms with E-state index in [1.807, 2.05) is 60.1 Å². The number of imidazole rings is 1. The third-order valence-electron chi connectivity index (χ3n) is 3.54. The molecule has 1 N–H and O–H groups in total. The van der Waals surface area contributed by atoms with E-state index in [0.29, 0.717) is 11.5 Å². The molecule has 0 aromatic carbocycles. The van der Waals surface area contributed by atoms with Crippen molar-refractivity contribution < 1.29 is 4.79 Å². The predicted octanol–water partition coefficient (Wildman–Crippen LogP) is 2.54. The zero-order chi connectivity index (χ0) is 15.1. The average Bonchev–Trinajstić information content (AvgIpc) is 3.09. The molecule has 0 atom stereocenters. The van der Waals surface area contributed by atoms with E-state index in [1.54, 1.807) is 10.6 Å². The zero-order valence-corrected chi connectivity index (χ0v) is 11.9. The SMILES string of the molecule is Cc1nc2ccccn2c1NC(=O)c1cc2ccccn2n1. The van der Waals surface area contributed by atoms with Gasteiger partial charge < -0.3 is 5.32 Å². The molecular formula is C16H13N5O. The summed E-state index contributed by atoms with van der Waals surface area (Å²) in [6.45, 7) is 1.87. The number of aryl methyl sites for hydroxylation is 1. The Labute approximate surface area is 126 Å². The van der Waals surface area contributed by atoms with Crippen LogP contribution >= 0.6 is 0 Å². The number of rotatable bonds is 2. The van der Waals surface area contributed by atoms with Gasteiger partial charge in [-0.2, -0.15) is 5.10 Å². The van der Waals surface area contributed by atoms with Crippen molar-refractivity contribution in [3.8, 4) is 0 Å². The summed E-state index contributed by atoms with van der Waals surface area (Å²) in [5.74, 6) is 0.412. The van der Waals surface area contributed by atoms with E-state index in [-0.39, 0.29) is 5.91 Å². The molecule has 0 bridgehead atoms. The Morgan fingerprint density at radius 3 is 2.82 bits per heavy atom. The molecule has 6 heteroatoms. The Morgan fingerprint density at radius 1 is 1.14 bits per heavy atom. The number of fused-ring (bicyclic) bond motifs is 2. The van der Waals surface area contributed by atoms with E-state index in [2.05, 4.69) is 15.4 Å². The predicted molar refractivity (Wildman–Crippen MR) is 83.1 cm³/mol. The summed E-state index contributed by atoms with van der Waals surface area (Å²) < 4.78 is 3.53. The highest BCUT2D eigenvalue weighted by Crippen LogP contribution is 2.18. The molecule has 0 aliphatic heterocycles. The van der Waals surface area contributed by atoms with Crippen LogP contribution in [0.25, 0.3) is 11.2 Å². The molecule has 0 fully saturated rings. The van der Waals surface area contributed by atoms with Crippen molar-refractivity contribution in [2.24, 2.45) is 0 Å². The lowest BCUT2D eigenvalue weighted by molar-refractivity contribution is 0.102. The molecule has 6 nitrogen and oxygen atoms in total. The zero-order valence-electron chi connectivity index (χ0n) is 11.9. The number of hydrogen-bond acceptors (Lipinski definition) is 3. The molecular weight excluding hydrogens is 278 g/mol. The van der Waals surface area contributed by atoms with Crippen molar-refractivity contribution >= 4 is 22.9 Å². The third-order valence-corrected chi connectivity index (χ3v) is 3.54. The van der Waals surface area contributed by atoms with Gasteiger partial charge in [-0.15, -0.1) is 0 Å². The summed E-state index contributed by atoms with van der Waals surface area (Å²) in [6.07, 6.45) is 3.68. The first-order valence-electron chi connectivity index (χ1n) is 6.92. The lowest BCUT2D eigenvalue weighted by Crippen LogP contribution is -2.14. The topological polar surface area (TPSA) is 63.7 Å². The van der Waals surface area contributed by atoms with Crippen LogP contribution in [0.4, 0.5) is 5.82 Å². The smallest absolute Gasteiger partial charge is 0.277 e. The number of carbonyl (C=O) groups is 1. The first-order valence-corrected chi connectivity index (χ1v) is 6.92. The van der Waals surface area contributed by atoms with Gasteiger partial charge in [0.15, 0.2) is 5.69 Å². The molecule has 22 heavy (non-hydrogen) atoms. The quantitative estimate of drug-likeness (QED) is 0.617. The maximum atomic E-state index is 12.4. The molecule has 0 saturated carbocycles. The second-order valence-electron chi connectivity index (χ2n) is 5.03. The number of hydrogen-bond donors (Lipinski definition) is 1. The molecule has 0 saturated heterocycles. The van der Waals surface area contributed by atoms with Gasteiger partial charge in [0.05, 0.1) is 11.2 Å². The van der Waals surface area contributed by atoms with Gasteiger partial charge in [0.25, 0.3) is 5.91 Å². The Balaban J connectivity index is 1.72. The second kappa shape index (κ2) is 4.70. The van der Waals surface area contributed by atoms with Gasteiger partial charge in [0.1, 0.15) is 11.5 Å². The minimum Gasteiger partial charge on any atom is -0.305 e. The van der Waals surface area contributed by atoms with Crippen LogP contribution in [0, 0.1) is 6.92 Å². The van der Waals surface area contributed by atoms with Crippen LogP contribution in [0.5, 0.6) is 0 Å². The van der Waals surface area contributed by atoms with Crippen molar-refractivity contribution in [1.82, 2.24) is 19.0 Å². The van der Waals surface area contributed by atoms with Gasteiger partial charge in [-0.3, -0.25) is 9.20 Å². The molecule has 0 aliphatic carbocycles. The van der Waals surface area contributed by atoms with Crippen LogP contribution < -0.4 is 5.32 Å². The molecule has 4 rings (SSSR count). The van der Waals surface area contributed by atoms with Crippen LogP contribution in [-0.4, -0.2) is 24.9 Å². The third kappa shape index (κ3) is 1.93. The molecule has 108 valence electrons. The van der Waals surface area contributed by atoms with Gasteiger partial charge in [-0.05, 0) is 37.3 Å². The van der Waals surface area contributed by atoms with Crippen molar-refractivity contribution in [2.75, 3.05) is 5.32 Å². The Kier molecular flexibility index (Phi) is 2.69. The molecule has 0 radical (unpaired) electrons. The highest BCUT2D eigenvalue weighted by molar-refractivity contribution is 6.03. The summed E-state index contributed by atoms with van der Waals surface area (Å²) in [4.78, 5) is 16.9. The van der Waals surface area contributed by atoms with Gasteiger partial charge >= 0.3 is 0 Å². The summed E-state index contributed by atoms with van der Waals surface area (Å²) in [7, 11) is 0. The molecule has 0 spiro atoms. The van der Waals surface area contributed by atoms with Crippen molar-refractivity contribution in [3.63, 3.8) is 0 Å². The van der Waals surface area contributed by atoms with Crippen LogP contribution in [0.2, 0.25) is 0 Å². The summed E-state index contributed by atoms with van der Waals surface area (Å²) in [5.41, 5.74) is 2.81. The molecule has 4 aromatic heterocycles. The number of anilines is 1. The summed E-state index contributed by atoms with van der Waals surface area (Å²) in [5, 5.41) is 7.17. The van der Waals surface area contributed by atoms with Crippen molar-refractivity contribution in [3.05, 3.63) is 66.2 Å². The molecule has 0 aliphatic rings. The maximum Gasteiger partial charge on any atom is 0.277 e. The van der Waals surface area contributed by atoms with Crippen molar-refractivity contribution in [1.29, 1.82) is 0 Å². The minimum atomic E-state index is -0.252. The number of aromatic nitrogens is 4. The lowest BCUT2D eigenvalue weighted by atomic mass is 10.3. The largest absolute Gasteiger partial charge is 0.305 e. The van der Waals surface area contributed by atoms with E-state index >= 15 is 0 Å². The Bertz CT molecular complexity index is 965. The number of pyridine rings is 2. The van der Waals surface area contributed by atoms with E-state index < -0.39 is 0 Å². The minimum absolute atomic E-state index is 0.252. The number of carbonyl (C=O) groups excluding carboxylic acids is 1. The fourth-order valence-corrected chi connectivity index (χ4v) is 2.48. The number of nitrogens with one attached hydrogen (secondary N) is 1. The van der Waals surface area contributed by atoms with E-state index in [1.165, 1.54) is 0 Å². The van der Waals surface area contributed by atoms with Gasteiger partial charge in [0.2, 0.25) is 0 Å². The Morgan fingerprint density at radius 2 is 1.95 bits per heavy atom. The van der Waals surface area contributed by atoms with E-state index in [0.717, 1.165) is 16.9 Å². The van der Waals surface area contributed by atoms with Crippen LogP contribution in [0.1, 0.15) is 16.2 Å². The number of amides is 1. The maximum absolute atomic E-state index is 12.4. The fourth-order valence-electron chi connectivity index (χ4n) is 2.48. The summed E-state index contributed by atoms with van der Waals surface area (Å²) >= 11 is 0. The average molecular weight is 291 g/mol. The second-order valence-corrected chi connectivity index (χ2v) is 5.03. The Hall–Kier alpha value is -3.15. The monoisotopic (exact) mass is 291 g/mol. The molecule has 1 amide bonds. The van der Waals surface area contributed by atoms with Gasteiger partial charge in [-0.25, -0.2) is 9.50 Å². The normalized spacial score (nSPS) is 11.1. The van der Waals surface area contributed by atoms with Crippen LogP contribution in [0.15, 0.2) is 54.9 Å². The first kappa shape index (κ1) is 12.6. The van der Waals surface area contributed by atoms with E-state index in [4.69, 9.17) is 0 Å². The highest BCUT2D eigenvalue weighted by Gasteiger charge is 2.15. The number of nitrogens with zero attached hydrogens (tertiary/aromatic N) is 4. The molecule has 4 heterocycles. The fraction of sp³-hybridized carbons (Fsp3) is 0.0625. The van der Waals surface area contributed by atoms with Gasteiger partial charge in [-0.1, -0.05) is 12.1 Å². The van der Waals surface area contributed by atoms with E-state index in [9.17, 15) is 4.79 Å². The van der Waals surface area contributed by atoms with Crippen LogP contribution in [0.3, 0.4) is 0 Å². The standard InChI is InChI=1S/C16H13N5O/c1-11-15(20-8-4-3-7-14(20)17-11)18-16(22)13-10-12-6-2-5-9-21(12)19-13/h2-10H,1H3,(H,18,22). The first-order chi connectivity index (χ1) is 10.7. The summed E-state index contributed by atoms with van der Waals surface area (Å²) in [6, 6.07) is 13.2.